The molecule has 0 radical (unpaired) electrons. The lowest BCUT2D eigenvalue weighted by molar-refractivity contribution is 0.0942. The van der Waals surface area contributed by atoms with Crippen LogP contribution in [-0.2, 0) is 0 Å². The summed E-state index contributed by atoms with van der Waals surface area (Å²) in [6, 6.07) is 5.41. The fraction of sp³-hybridized carbons (Fsp3) is 0.364. The van der Waals surface area contributed by atoms with Gasteiger partial charge in [0.05, 0.1) is 7.11 Å². The molecule has 0 aliphatic rings. The molecule has 0 saturated heterocycles. The average Bonchev–Trinajstić information content (AvgIpc) is 2.15. The summed E-state index contributed by atoms with van der Waals surface area (Å²) in [6.45, 7) is 3.85. The molecule has 4 heteroatoms. The third kappa shape index (κ3) is 3.55. The maximum atomic E-state index is 11.7. The molecule has 0 spiro atoms. The van der Waals surface area contributed by atoms with Gasteiger partial charge in [0.1, 0.15) is 5.75 Å². The first-order chi connectivity index (χ1) is 7.02. The minimum Gasteiger partial charge on any atom is -0.497 e. The van der Waals surface area contributed by atoms with E-state index in [1.54, 1.807) is 19.2 Å². The zero-order valence-corrected chi connectivity index (χ0v) is 10.6. The van der Waals surface area contributed by atoms with Crippen molar-refractivity contribution in [2.24, 2.45) is 0 Å². The zero-order chi connectivity index (χ0) is 11.4. The Morgan fingerprint density at radius 3 is 2.60 bits per heavy atom. The van der Waals surface area contributed by atoms with E-state index in [1.165, 1.54) is 0 Å². The number of carbonyl (C=O) groups excluding carboxylic acids is 1. The predicted molar refractivity (Wildman–Crippen MR) is 63.3 cm³/mol. The Labute approximate surface area is 97.9 Å². The molecule has 1 rings (SSSR count). The van der Waals surface area contributed by atoms with Gasteiger partial charge in [-0.3, -0.25) is 4.79 Å². The van der Waals surface area contributed by atoms with Gasteiger partial charge in [0.25, 0.3) is 5.91 Å². The van der Waals surface area contributed by atoms with Crippen LogP contribution >= 0.6 is 15.9 Å². The third-order valence-corrected chi connectivity index (χ3v) is 2.25. The van der Waals surface area contributed by atoms with Crippen molar-refractivity contribution in [1.82, 2.24) is 5.32 Å². The molecule has 0 aliphatic heterocycles. The fourth-order valence-electron chi connectivity index (χ4n) is 1.16. The van der Waals surface area contributed by atoms with E-state index in [1.807, 2.05) is 19.9 Å². The van der Waals surface area contributed by atoms with Crippen molar-refractivity contribution in [2.75, 3.05) is 7.11 Å². The molecule has 0 unspecified atom stereocenters. The molecule has 3 nitrogen and oxygen atoms in total. The van der Waals surface area contributed by atoms with E-state index >= 15 is 0 Å². The van der Waals surface area contributed by atoms with Crippen molar-refractivity contribution in [3.8, 4) is 5.75 Å². The number of amides is 1. The number of hydrogen-bond donors (Lipinski definition) is 1. The molecule has 82 valence electrons. The van der Waals surface area contributed by atoms with Gasteiger partial charge in [-0.25, -0.2) is 0 Å². The molecule has 0 atom stereocenters. The SMILES string of the molecule is COc1cc(Br)cc(C(=O)NC(C)C)c1. The maximum absolute atomic E-state index is 11.7. The van der Waals surface area contributed by atoms with Gasteiger partial charge < -0.3 is 10.1 Å². The van der Waals surface area contributed by atoms with Crippen molar-refractivity contribution < 1.29 is 9.53 Å². The lowest BCUT2D eigenvalue weighted by atomic mass is 10.2. The standard InChI is InChI=1S/C11H14BrNO2/c1-7(2)13-11(14)8-4-9(12)6-10(5-8)15-3/h4-7H,1-3H3,(H,13,14). The summed E-state index contributed by atoms with van der Waals surface area (Å²) in [5.41, 5.74) is 0.593. The van der Waals surface area contributed by atoms with E-state index in [0.717, 1.165) is 4.47 Å². The Bertz CT molecular complexity index is 364. The molecule has 0 heterocycles. The molecule has 1 N–H and O–H groups in total. The fourth-order valence-corrected chi connectivity index (χ4v) is 1.63. The van der Waals surface area contributed by atoms with E-state index in [0.29, 0.717) is 11.3 Å². The molecule has 15 heavy (non-hydrogen) atoms. The van der Waals surface area contributed by atoms with Gasteiger partial charge in [0.15, 0.2) is 0 Å². The van der Waals surface area contributed by atoms with Gasteiger partial charge in [0.2, 0.25) is 0 Å². The van der Waals surface area contributed by atoms with Crippen molar-refractivity contribution in [3.63, 3.8) is 0 Å². The van der Waals surface area contributed by atoms with Crippen LogP contribution in [0, 0.1) is 0 Å². The van der Waals surface area contributed by atoms with Gasteiger partial charge in [-0.05, 0) is 32.0 Å². The molecule has 0 aliphatic carbocycles. The van der Waals surface area contributed by atoms with Gasteiger partial charge in [-0.15, -0.1) is 0 Å². The van der Waals surface area contributed by atoms with Crippen LogP contribution in [-0.4, -0.2) is 19.1 Å². The first-order valence-electron chi connectivity index (χ1n) is 4.68. The van der Waals surface area contributed by atoms with Crippen molar-refractivity contribution >= 4 is 21.8 Å². The van der Waals surface area contributed by atoms with Crippen LogP contribution in [0.4, 0.5) is 0 Å². The van der Waals surface area contributed by atoms with Gasteiger partial charge in [-0.1, -0.05) is 15.9 Å². The predicted octanol–water partition coefficient (Wildman–Crippen LogP) is 2.60. The largest absolute Gasteiger partial charge is 0.497 e. The zero-order valence-electron chi connectivity index (χ0n) is 9.00. The highest BCUT2D eigenvalue weighted by Crippen LogP contribution is 2.21. The van der Waals surface area contributed by atoms with Gasteiger partial charge in [0, 0.05) is 16.1 Å². The molecule has 0 fully saturated rings. The molecular formula is C11H14BrNO2. The van der Waals surface area contributed by atoms with Crippen molar-refractivity contribution in [2.45, 2.75) is 19.9 Å². The number of hydrogen-bond acceptors (Lipinski definition) is 2. The van der Waals surface area contributed by atoms with Crippen LogP contribution in [0.3, 0.4) is 0 Å². The lowest BCUT2D eigenvalue weighted by Gasteiger charge is -2.09. The van der Waals surface area contributed by atoms with Crippen LogP contribution in [0.5, 0.6) is 5.75 Å². The number of carbonyl (C=O) groups is 1. The molecular weight excluding hydrogens is 258 g/mol. The Kier molecular flexibility index (Phi) is 4.15. The summed E-state index contributed by atoms with van der Waals surface area (Å²) < 4.78 is 5.91. The minimum absolute atomic E-state index is 0.0930. The van der Waals surface area contributed by atoms with Crippen molar-refractivity contribution in [1.29, 1.82) is 0 Å². The van der Waals surface area contributed by atoms with E-state index in [9.17, 15) is 4.79 Å². The van der Waals surface area contributed by atoms with E-state index < -0.39 is 0 Å². The molecule has 1 amide bonds. The van der Waals surface area contributed by atoms with Crippen LogP contribution in [0.15, 0.2) is 22.7 Å². The average molecular weight is 272 g/mol. The van der Waals surface area contributed by atoms with Crippen LogP contribution < -0.4 is 10.1 Å². The number of methoxy groups -OCH3 is 1. The van der Waals surface area contributed by atoms with Crippen LogP contribution in [0.1, 0.15) is 24.2 Å². The van der Waals surface area contributed by atoms with Crippen LogP contribution in [0.25, 0.3) is 0 Å². The highest BCUT2D eigenvalue weighted by Gasteiger charge is 2.09. The molecule has 0 bridgehead atoms. The number of ether oxygens (including phenoxy) is 1. The molecule has 1 aromatic rings. The highest BCUT2D eigenvalue weighted by molar-refractivity contribution is 9.10. The maximum Gasteiger partial charge on any atom is 0.251 e. The second kappa shape index (κ2) is 5.16. The quantitative estimate of drug-likeness (QED) is 0.918. The second-order valence-electron chi connectivity index (χ2n) is 3.51. The van der Waals surface area contributed by atoms with Gasteiger partial charge in [-0.2, -0.15) is 0 Å². The number of halogens is 1. The smallest absolute Gasteiger partial charge is 0.251 e. The van der Waals surface area contributed by atoms with Crippen LogP contribution in [0.2, 0.25) is 0 Å². The second-order valence-corrected chi connectivity index (χ2v) is 4.42. The minimum atomic E-state index is -0.0930. The Hall–Kier alpha value is -1.03. The summed E-state index contributed by atoms with van der Waals surface area (Å²) in [5, 5.41) is 2.82. The normalized spacial score (nSPS) is 10.2. The van der Waals surface area contributed by atoms with Gasteiger partial charge >= 0.3 is 0 Å². The number of benzene rings is 1. The summed E-state index contributed by atoms with van der Waals surface area (Å²) in [5.74, 6) is 0.572. The first kappa shape index (κ1) is 12.0. The summed E-state index contributed by atoms with van der Waals surface area (Å²) in [6.07, 6.45) is 0. The summed E-state index contributed by atoms with van der Waals surface area (Å²) >= 11 is 3.33. The Balaban J connectivity index is 2.93. The number of nitrogens with one attached hydrogen (secondary N) is 1. The summed E-state index contributed by atoms with van der Waals surface area (Å²) in [4.78, 5) is 11.7. The van der Waals surface area contributed by atoms with E-state index in [2.05, 4.69) is 21.2 Å². The van der Waals surface area contributed by atoms with Crippen molar-refractivity contribution in [3.05, 3.63) is 28.2 Å². The van der Waals surface area contributed by atoms with E-state index in [-0.39, 0.29) is 11.9 Å². The monoisotopic (exact) mass is 271 g/mol. The first-order valence-corrected chi connectivity index (χ1v) is 5.47. The van der Waals surface area contributed by atoms with E-state index in [4.69, 9.17) is 4.74 Å². The summed E-state index contributed by atoms with van der Waals surface area (Å²) in [7, 11) is 1.58. The highest BCUT2D eigenvalue weighted by atomic mass is 79.9. The molecule has 0 aromatic heterocycles. The Morgan fingerprint density at radius 2 is 2.07 bits per heavy atom. The third-order valence-electron chi connectivity index (χ3n) is 1.79. The lowest BCUT2D eigenvalue weighted by Crippen LogP contribution is -2.30. The molecule has 0 saturated carbocycles. The Morgan fingerprint density at radius 1 is 1.40 bits per heavy atom. The topological polar surface area (TPSA) is 38.3 Å². The molecule has 1 aromatic carbocycles. The number of rotatable bonds is 3.